The highest BCUT2D eigenvalue weighted by Crippen LogP contribution is 2.51. The second-order valence-electron chi connectivity index (χ2n) is 6.98. The van der Waals surface area contributed by atoms with E-state index in [1.807, 2.05) is 19.9 Å². The molecule has 0 radical (unpaired) electrons. The largest absolute Gasteiger partial charge is 0.497 e. The van der Waals surface area contributed by atoms with Crippen LogP contribution in [-0.4, -0.2) is 25.7 Å². The van der Waals surface area contributed by atoms with Gasteiger partial charge in [-0.3, -0.25) is 4.79 Å². The van der Waals surface area contributed by atoms with Gasteiger partial charge >= 0.3 is 5.97 Å². The number of rotatable bonds is 4. The number of allylic oxidation sites excluding steroid dienone is 1. The van der Waals surface area contributed by atoms with Gasteiger partial charge in [0.1, 0.15) is 5.75 Å². The average molecular weight is 329 g/mol. The molecule has 2 aliphatic carbocycles. The van der Waals surface area contributed by atoms with E-state index >= 15 is 0 Å². The van der Waals surface area contributed by atoms with E-state index in [1.54, 1.807) is 7.11 Å². The lowest BCUT2D eigenvalue weighted by Crippen LogP contribution is -2.34. The quantitative estimate of drug-likeness (QED) is 0.860. The third-order valence-electron chi connectivity index (χ3n) is 5.54. The molecule has 2 aliphatic rings. The third-order valence-corrected chi connectivity index (χ3v) is 5.54. The van der Waals surface area contributed by atoms with Crippen molar-refractivity contribution < 1.29 is 14.3 Å². The zero-order valence-corrected chi connectivity index (χ0v) is 14.8. The van der Waals surface area contributed by atoms with Crippen LogP contribution in [0.3, 0.4) is 0 Å². The summed E-state index contributed by atoms with van der Waals surface area (Å²) in [7, 11) is 1.69. The van der Waals surface area contributed by atoms with Crippen molar-refractivity contribution in [1.29, 1.82) is 0 Å². The zero-order chi connectivity index (χ0) is 17.3. The maximum absolute atomic E-state index is 12.3. The van der Waals surface area contributed by atoms with Crippen LogP contribution in [0, 0.1) is 5.92 Å². The number of nitrogens with two attached hydrogens (primary N) is 1. The van der Waals surface area contributed by atoms with Crippen molar-refractivity contribution >= 4 is 11.5 Å². The Hall–Kier alpha value is -1.81. The molecular weight excluding hydrogens is 302 g/mol. The van der Waals surface area contributed by atoms with Gasteiger partial charge in [0, 0.05) is 11.5 Å². The predicted octanol–water partition coefficient (Wildman–Crippen LogP) is 3.43. The molecule has 4 nitrogen and oxygen atoms in total. The van der Waals surface area contributed by atoms with Gasteiger partial charge in [0.15, 0.2) is 0 Å². The fourth-order valence-electron chi connectivity index (χ4n) is 4.09. The zero-order valence-electron chi connectivity index (χ0n) is 14.8. The van der Waals surface area contributed by atoms with E-state index in [9.17, 15) is 4.79 Å². The number of hydrogen-bond acceptors (Lipinski definition) is 4. The monoisotopic (exact) mass is 329 g/mol. The predicted molar refractivity (Wildman–Crippen MR) is 94.9 cm³/mol. The molecular formula is C20H27NO3. The Labute approximate surface area is 144 Å². The second-order valence-corrected chi connectivity index (χ2v) is 6.98. The lowest BCUT2D eigenvalue weighted by Gasteiger charge is -2.36. The van der Waals surface area contributed by atoms with Crippen LogP contribution in [0.5, 0.6) is 5.75 Å². The summed E-state index contributed by atoms with van der Waals surface area (Å²) in [4.78, 5) is 12.3. The molecule has 0 amide bonds. The van der Waals surface area contributed by atoms with Gasteiger partial charge in [-0.15, -0.1) is 0 Å². The molecule has 1 fully saturated rings. The van der Waals surface area contributed by atoms with E-state index in [-0.39, 0.29) is 23.3 Å². The Morgan fingerprint density at radius 1 is 1.38 bits per heavy atom. The van der Waals surface area contributed by atoms with Gasteiger partial charge in [-0.25, -0.2) is 0 Å². The Kier molecular flexibility index (Phi) is 4.68. The van der Waals surface area contributed by atoms with Gasteiger partial charge in [-0.2, -0.15) is 0 Å². The molecule has 0 bridgehead atoms. The van der Waals surface area contributed by atoms with Crippen LogP contribution in [0.2, 0.25) is 0 Å². The topological polar surface area (TPSA) is 61.5 Å². The molecule has 1 unspecified atom stereocenters. The molecule has 24 heavy (non-hydrogen) atoms. The molecule has 2 N–H and O–H groups in total. The van der Waals surface area contributed by atoms with Crippen molar-refractivity contribution in [2.45, 2.75) is 51.0 Å². The summed E-state index contributed by atoms with van der Waals surface area (Å²) in [5.41, 5.74) is 9.63. The van der Waals surface area contributed by atoms with Crippen LogP contribution >= 0.6 is 0 Å². The van der Waals surface area contributed by atoms with Crippen LogP contribution in [0.25, 0.3) is 5.57 Å². The van der Waals surface area contributed by atoms with Crippen molar-refractivity contribution in [3.63, 3.8) is 0 Å². The first-order chi connectivity index (χ1) is 11.5. The Balaban J connectivity index is 2.03. The molecule has 1 spiro atoms. The van der Waals surface area contributed by atoms with E-state index in [0.29, 0.717) is 6.61 Å². The summed E-state index contributed by atoms with van der Waals surface area (Å²) in [5.74, 6) is 0.448. The number of carbonyl (C=O) groups excluding carboxylic acids is 1. The first-order valence-corrected chi connectivity index (χ1v) is 8.84. The normalized spacial score (nSPS) is 26.7. The van der Waals surface area contributed by atoms with Gasteiger partial charge in [0.05, 0.1) is 19.6 Å². The minimum atomic E-state index is -0.257. The van der Waals surface area contributed by atoms with Crippen LogP contribution in [-0.2, 0) is 14.9 Å². The van der Waals surface area contributed by atoms with Gasteiger partial charge in [-0.05, 0) is 68.4 Å². The fourth-order valence-corrected chi connectivity index (χ4v) is 4.09. The molecule has 0 saturated heterocycles. The van der Waals surface area contributed by atoms with Crippen molar-refractivity contribution in [3.05, 3.63) is 35.4 Å². The first kappa shape index (κ1) is 17.0. The summed E-state index contributed by atoms with van der Waals surface area (Å²) in [6, 6.07) is 6.47. The van der Waals surface area contributed by atoms with E-state index in [2.05, 4.69) is 18.2 Å². The number of esters is 1. The SMILES string of the molecule is CCOC(=O)C(C)C1=CC2(CCC(N)CC2)c2cc(OC)ccc21. The number of fused-ring (bicyclic) bond motifs is 2. The number of methoxy groups -OCH3 is 1. The summed E-state index contributed by atoms with van der Waals surface area (Å²) in [6.45, 7) is 4.19. The second kappa shape index (κ2) is 6.60. The Bertz CT molecular complexity index is 657. The highest BCUT2D eigenvalue weighted by Gasteiger charge is 2.42. The van der Waals surface area contributed by atoms with Crippen molar-refractivity contribution in [1.82, 2.24) is 0 Å². The lowest BCUT2D eigenvalue weighted by molar-refractivity contribution is -0.145. The van der Waals surface area contributed by atoms with E-state index in [4.69, 9.17) is 15.2 Å². The van der Waals surface area contributed by atoms with Crippen molar-refractivity contribution in [2.24, 2.45) is 11.7 Å². The minimum Gasteiger partial charge on any atom is -0.497 e. The summed E-state index contributed by atoms with van der Waals surface area (Å²) >= 11 is 0. The third kappa shape index (κ3) is 2.84. The Morgan fingerprint density at radius 2 is 2.08 bits per heavy atom. The van der Waals surface area contributed by atoms with Crippen molar-refractivity contribution in [2.75, 3.05) is 13.7 Å². The van der Waals surface area contributed by atoms with Crippen LogP contribution in [0.4, 0.5) is 0 Å². The Morgan fingerprint density at radius 3 is 2.71 bits per heavy atom. The van der Waals surface area contributed by atoms with Crippen LogP contribution < -0.4 is 10.5 Å². The van der Waals surface area contributed by atoms with Gasteiger partial charge in [0.25, 0.3) is 0 Å². The highest BCUT2D eigenvalue weighted by atomic mass is 16.5. The molecule has 4 heteroatoms. The van der Waals surface area contributed by atoms with E-state index in [1.165, 1.54) is 5.56 Å². The smallest absolute Gasteiger partial charge is 0.313 e. The molecule has 1 aromatic carbocycles. The van der Waals surface area contributed by atoms with Gasteiger partial charge in [-0.1, -0.05) is 12.1 Å². The highest BCUT2D eigenvalue weighted by molar-refractivity contribution is 5.92. The fraction of sp³-hybridized carbons (Fsp3) is 0.550. The molecule has 0 aliphatic heterocycles. The first-order valence-electron chi connectivity index (χ1n) is 8.84. The van der Waals surface area contributed by atoms with E-state index < -0.39 is 0 Å². The number of hydrogen-bond donors (Lipinski definition) is 1. The molecule has 1 saturated carbocycles. The lowest BCUT2D eigenvalue weighted by atomic mass is 9.70. The summed E-state index contributed by atoms with van der Waals surface area (Å²) in [5, 5.41) is 0. The minimum absolute atomic E-state index is 0.0180. The summed E-state index contributed by atoms with van der Waals surface area (Å²) < 4.78 is 10.7. The standard InChI is InChI=1S/C20H27NO3/c1-4-24-19(22)13(2)17-12-20(9-7-14(21)8-10-20)18-11-15(23-3)5-6-16(17)18/h5-6,11-14H,4,7-10,21H2,1-3H3. The molecule has 1 aromatic rings. The number of carbonyl (C=O) groups is 1. The number of benzene rings is 1. The van der Waals surface area contributed by atoms with Gasteiger partial charge < -0.3 is 15.2 Å². The van der Waals surface area contributed by atoms with Crippen molar-refractivity contribution in [3.8, 4) is 5.75 Å². The van der Waals surface area contributed by atoms with E-state index in [0.717, 1.165) is 42.6 Å². The van der Waals surface area contributed by atoms with Gasteiger partial charge in [0.2, 0.25) is 0 Å². The maximum Gasteiger partial charge on any atom is 0.313 e. The molecule has 0 heterocycles. The number of ether oxygens (including phenoxy) is 2. The van der Waals surface area contributed by atoms with Crippen LogP contribution in [0.15, 0.2) is 24.3 Å². The molecule has 130 valence electrons. The van der Waals surface area contributed by atoms with Crippen LogP contribution in [0.1, 0.15) is 50.7 Å². The summed E-state index contributed by atoms with van der Waals surface area (Å²) in [6.07, 6.45) is 6.37. The molecule has 3 rings (SSSR count). The average Bonchev–Trinajstić information content (AvgIpc) is 2.91. The maximum atomic E-state index is 12.3. The molecule has 1 atom stereocenters. The molecule has 0 aromatic heterocycles.